The van der Waals surface area contributed by atoms with E-state index in [1.807, 2.05) is 6.08 Å². The van der Waals surface area contributed by atoms with Crippen molar-refractivity contribution < 1.29 is 4.74 Å². The highest BCUT2D eigenvalue weighted by Crippen LogP contribution is 2.19. The molecule has 1 heteroatoms. The fourth-order valence-electron chi connectivity index (χ4n) is 1.95. The van der Waals surface area contributed by atoms with Crippen LogP contribution in [0.3, 0.4) is 0 Å². The summed E-state index contributed by atoms with van der Waals surface area (Å²) in [5.41, 5.74) is 0. The molecule has 90 valence electrons. The smallest absolute Gasteiger partial charge is 0.0462 e. The molecule has 0 aliphatic rings. The minimum atomic E-state index is 0.924. The second-order valence-corrected chi connectivity index (χ2v) is 4.34. The summed E-state index contributed by atoms with van der Waals surface area (Å²) in [7, 11) is 1.78. The summed E-state index contributed by atoms with van der Waals surface area (Å²) in [5.74, 6) is 0.937. The molecular formula is C14H28O. The largest absolute Gasteiger partial charge is 0.385 e. The molecule has 1 unspecified atom stereocenters. The van der Waals surface area contributed by atoms with E-state index in [0.717, 1.165) is 12.5 Å². The molecule has 1 atom stereocenters. The van der Waals surface area contributed by atoms with Crippen molar-refractivity contribution in [1.82, 2.24) is 0 Å². The van der Waals surface area contributed by atoms with Crippen molar-refractivity contribution >= 4 is 0 Å². The van der Waals surface area contributed by atoms with Crippen LogP contribution in [0.15, 0.2) is 12.7 Å². The molecule has 0 radical (unpaired) electrons. The maximum atomic E-state index is 5.06. The van der Waals surface area contributed by atoms with Crippen LogP contribution in [-0.2, 0) is 4.74 Å². The molecule has 0 saturated heterocycles. The van der Waals surface area contributed by atoms with Crippen LogP contribution in [-0.4, -0.2) is 13.7 Å². The first kappa shape index (κ1) is 14.7. The molecule has 0 spiro atoms. The van der Waals surface area contributed by atoms with Gasteiger partial charge in [0.05, 0.1) is 0 Å². The van der Waals surface area contributed by atoms with E-state index in [0.29, 0.717) is 0 Å². The summed E-state index contributed by atoms with van der Waals surface area (Å²) < 4.78 is 5.06. The van der Waals surface area contributed by atoms with Gasteiger partial charge in [0.15, 0.2) is 0 Å². The average molecular weight is 212 g/mol. The minimum absolute atomic E-state index is 0.924. The van der Waals surface area contributed by atoms with E-state index in [1.54, 1.807) is 7.11 Å². The van der Waals surface area contributed by atoms with Crippen LogP contribution in [0.25, 0.3) is 0 Å². The zero-order valence-electron chi connectivity index (χ0n) is 10.6. The fraction of sp³-hybridized carbons (Fsp3) is 0.857. The molecule has 0 bridgehead atoms. The third-order valence-corrected chi connectivity index (χ3v) is 3.06. The Morgan fingerprint density at radius 3 is 2.33 bits per heavy atom. The van der Waals surface area contributed by atoms with E-state index in [2.05, 4.69) is 13.5 Å². The molecule has 0 saturated carbocycles. The number of allylic oxidation sites excluding steroid dienone is 1. The van der Waals surface area contributed by atoms with E-state index in [1.165, 1.54) is 51.4 Å². The van der Waals surface area contributed by atoms with Crippen LogP contribution in [0.2, 0.25) is 0 Å². The van der Waals surface area contributed by atoms with Gasteiger partial charge in [0, 0.05) is 13.7 Å². The second-order valence-electron chi connectivity index (χ2n) is 4.34. The van der Waals surface area contributed by atoms with Gasteiger partial charge >= 0.3 is 0 Å². The van der Waals surface area contributed by atoms with Gasteiger partial charge < -0.3 is 4.74 Å². The third kappa shape index (κ3) is 9.99. The maximum absolute atomic E-state index is 5.06. The van der Waals surface area contributed by atoms with Gasteiger partial charge in [-0.2, -0.15) is 0 Å². The molecule has 0 aromatic rings. The Balaban J connectivity index is 3.33. The molecule has 15 heavy (non-hydrogen) atoms. The Morgan fingerprint density at radius 2 is 1.80 bits per heavy atom. The van der Waals surface area contributed by atoms with Crippen LogP contribution in [0, 0.1) is 5.92 Å². The summed E-state index contributed by atoms with van der Waals surface area (Å²) in [5, 5.41) is 0. The summed E-state index contributed by atoms with van der Waals surface area (Å²) in [6, 6.07) is 0. The highest BCUT2D eigenvalue weighted by Gasteiger charge is 2.05. The van der Waals surface area contributed by atoms with E-state index in [-0.39, 0.29) is 0 Å². The fourth-order valence-corrected chi connectivity index (χ4v) is 1.95. The van der Waals surface area contributed by atoms with Crippen molar-refractivity contribution in [2.45, 2.75) is 58.3 Å². The third-order valence-electron chi connectivity index (χ3n) is 3.06. The summed E-state index contributed by atoms with van der Waals surface area (Å²) in [4.78, 5) is 0. The van der Waals surface area contributed by atoms with Crippen LogP contribution >= 0.6 is 0 Å². The standard InChI is InChI=1S/C14H28O/c1-4-6-7-8-11-14(5-2)12-9-10-13-15-3/h4,14H,1,5-13H2,2-3H3. The Hall–Kier alpha value is -0.300. The average Bonchev–Trinajstić information content (AvgIpc) is 2.27. The highest BCUT2D eigenvalue weighted by molar-refractivity contribution is 4.66. The molecule has 0 N–H and O–H groups in total. The van der Waals surface area contributed by atoms with Crippen molar-refractivity contribution in [3.05, 3.63) is 12.7 Å². The Morgan fingerprint density at radius 1 is 1.13 bits per heavy atom. The number of rotatable bonds is 11. The van der Waals surface area contributed by atoms with Gasteiger partial charge in [-0.05, 0) is 25.2 Å². The molecule has 0 aromatic carbocycles. The predicted molar refractivity (Wildman–Crippen MR) is 68.2 cm³/mol. The van der Waals surface area contributed by atoms with Crippen molar-refractivity contribution in [3.8, 4) is 0 Å². The second kappa shape index (κ2) is 11.8. The maximum Gasteiger partial charge on any atom is 0.0462 e. The lowest BCUT2D eigenvalue weighted by atomic mass is 9.93. The molecular weight excluding hydrogens is 184 g/mol. The summed E-state index contributed by atoms with van der Waals surface area (Å²) in [6.07, 6.45) is 12.6. The van der Waals surface area contributed by atoms with Crippen molar-refractivity contribution in [2.24, 2.45) is 5.92 Å². The number of hydrogen-bond acceptors (Lipinski definition) is 1. The Kier molecular flexibility index (Phi) is 11.5. The topological polar surface area (TPSA) is 9.23 Å². The van der Waals surface area contributed by atoms with E-state index < -0.39 is 0 Å². The molecule has 0 amide bonds. The molecule has 1 nitrogen and oxygen atoms in total. The number of methoxy groups -OCH3 is 1. The molecule has 0 aromatic heterocycles. The first-order chi connectivity index (χ1) is 7.35. The first-order valence-electron chi connectivity index (χ1n) is 6.45. The number of ether oxygens (including phenoxy) is 1. The van der Waals surface area contributed by atoms with Crippen LogP contribution in [0.4, 0.5) is 0 Å². The zero-order valence-corrected chi connectivity index (χ0v) is 10.6. The first-order valence-corrected chi connectivity index (χ1v) is 6.45. The zero-order chi connectivity index (χ0) is 11.4. The van der Waals surface area contributed by atoms with Gasteiger partial charge in [0.25, 0.3) is 0 Å². The van der Waals surface area contributed by atoms with Gasteiger partial charge in [0.1, 0.15) is 0 Å². The van der Waals surface area contributed by atoms with Gasteiger partial charge in [-0.25, -0.2) is 0 Å². The number of unbranched alkanes of at least 4 members (excludes halogenated alkanes) is 3. The normalized spacial score (nSPS) is 12.7. The summed E-state index contributed by atoms with van der Waals surface area (Å²) in [6.45, 7) is 6.99. The van der Waals surface area contributed by atoms with Gasteiger partial charge in [0.2, 0.25) is 0 Å². The molecule has 0 heterocycles. The SMILES string of the molecule is C=CCCCCC(CC)CCCCOC. The van der Waals surface area contributed by atoms with Gasteiger partial charge in [-0.3, -0.25) is 0 Å². The van der Waals surface area contributed by atoms with Crippen LogP contribution in [0.5, 0.6) is 0 Å². The lowest BCUT2D eigenvalue weighted by molar-refractivity contribution is 0.189. The van der Waals surface area contributed by atoms with E-state index in [9.17, 15) is 0 Å². The van der Waals surface area contributed by atoms with Crippen LogP contribution in [0.1, 0.15) is 58.3 Å². The van der Waals surface area contributed by atoms with Crippen molar-refractivity contribution in [2.75, 3.05) is 13.7 Å². The van der Waals surface area contributed by atoms with Crippen molar-refractivity contribution in [3.63, 3.8) is 0 Å². The quantitative estimate of drug-likeness (QED) is 0.360. The van der Waals surface area contributed by atoms with Crippen molar-refractivity contribution in [1.29, 1.82) is 0 Å². The van der Waals surface area contributed by atoms with Gasteiger partial charge in [-0.15, -0.1) is 6.58 Å². The van der Waals surface area contributed by atoms with Crippen LogP contribution < -0.4 is 0 Å². The Labute approximate surface area is 95.9 Å². The van der Waals surface area contributed by atoms with Gasteiger partial charge in [-0.1, -0.05) is 45.1 Å². The molecule has 0 rings (SSSR count). The van der Waals surface area contributed by atoms with E-state index in [4.69, 9.17) is 4.74 Å². The Bertz CT molecular complexity index is 131. The monoisotopic (exact) mass is 212 g/mol. The number of hydrogen-bond donors (Lipinski definition) is 0. The molecule has 0 fully saturated rings. The minimum Gasteiger partial charge on any atom is -0.385 e. The molecule has 0 aliphatic heterocycles. The van der Waals surface area contributed by atoms with E-state index >= 15 is 0 Å². The highest BCUT2D eigenvalue weighted by atomic mass is 16.5. The summed E-state index contributed by atoms with van der Waals surface area (Å²) >= 11 is 0. The lowest BCUT2D eigenvalue weighted by Crippen LogP contribution is -2.00. The predicted octanol–water partition coefficient (Wildman–Crippen LogP) is 4.58. The lowest BCUT2D eigenvalue weighted by Gasteiger charge is -2.14. The molecule has 0 aliphatic carbocycles.